The second-order valence-corrected chi connectivity index (χ2v) is 6.54. The highest BCUT2D eigenvalue weighted by molar-refractivity contribution is 8.14. The van der Waals surface area contributed by atoms with Crippen molar-refractivity contribution >= 4 is 16.9 Å². The molecule has 1 aliphatic heterocycles. The van der Waals surface area contributed by atoms with Crippen LogP contribution in [0.5, 0.6) is 0 Å². The lowest BCUT2D eigenvalue weighted by molar-refractivity contribution is 0.140. The number of nitrogens with one attached hydrogen (secondary N) is 1. The molecule has 1 N–H and O–H groups in total. The van der Waals surface area contributed by atoms with Gasteiger partial charge in [-0.1, -0.05) is 24.6 Å². The summed E-state index contributed by atoms with van der Waals surface area (Å²) >= 11 is 1.87. The van der Waals surface area contributed by atoms with Gasteiger partial charge in [-0.2, -0.15) is 0 Å². The van der Waals surface area contributed by atoms with Gasteiger partial charge < -0.3 is 10.1 Å². The van der Waals surface area contributed by atoms with Gasteiger partial charge in [-0.05, 0) is 26.7 Å². The smallest absolute Gasteiger partial charge is 0.157 e. The Balaban J connectivity index is 1.96. The minimum atomic E-state index is -0.0231. The van der Waals surface area contributed by atoms with E-state index in [-0.39, 0.29) is 11.1 Å². The fraction of sp³-hybridized carbons (Fsp3) is 0.917. The van der Waals surface area contributed by atoms with Crippen LogP contribution in [-0.4, -0.2) is 35.7 Å². The first-order chi connectivity index (χ1) is 7.55. The van der Waals surface area contributed by atoms with Crippen molar-refractivity contribution in [2.45, 2.75) is 50.6 Å². The number of methoxy groups -OCH3 is 1. The third-order valence-corrected chi connectivity index (χ3v) is 4.45. The molecule has 1 spiro atoms. The summed E-state index contributed by atoms with van der Waals surface area (Å²) in [4.78, 5) is 4.90. The third kappa shape index (κ3) is 2.72. The molecule has 3 nitrogen and oxygen atoms in total. The van der Waals surface area contributed by atoms with E-state index in [9.17, 15) is 0 Å². The Morgan fingerprint density at radius 2 is 2.12 bits per heavy atom. The van der Waals surface area contributed by atoms with Gasteiger partial charge in [0.05, 0.1) is 17.7 Å². The molecule has 16 heavy (non-hydrogen) atoms. The Morgan fingerprint density at radius 1 is 1.44 bits per heavy atom. The zero-order valence-corrected chi connectivity index (χ0v) is 11.3. The highest BCUT2D eigenvalue weighted by Crippen LogP contribution is 2.40. The van der Waals surface area contributed by atoms with E-state index in [1.807, 2.05) is 11.8 Å². The second-order valence-electron chi connectivity index (χ2n) is 5.58. The maximum Gasteiger partial charge on any atom is 0.157 e. The summed E-state index contributed by atoms with van der Waals surface area (Å²) < 4.78 is 5.21. The van der Waals surface area contributed by atoms with E-state index in [1.54, 1.807) is 7.11 Å². The Hall–Kier alpha value is -0.220. The monoisotopic (exact) mass is 242 g/mol. The number of aliphatic imine (C=N–C) groups is 1. The lowest BCUT2D eigenvalue weighted by atomic mass is 10.0. The number of hydrogen-bond donors (Lipinski definition) is 1. The normalized spacial score (nSPS) is 23.8. The Kier molecular flexibility index (Phi) is 3.50. The number of amidine groups is 1. The van der Waals surface area contributed by atoms with Crippen LogP contribution < -0.4 is 5.32 Å². The predicted molar refractivity (Wildman–Crippen MR) is 70.2 cm³/mol. The third-order valence-electron chi connectivity index (χ3n) is 3.30. The summed E-state index contributed by atoms with van der Waals surface area (Å²) in [6.07, 6.45) is 5.24. The van der Waals surface area contributed by atoms with Gasteiger partial charge >= 0.3 is 0 Å². The summed E-state index contributed by atoms with van der Waals surface area (Å²) in [7, 11) is 1.74. The Bertz CT molecular complexity index is 283. The molecule has 1 saturated carbocycles. The molecule has 0 aromatic heterocycles. The molecule has 1 heterocycles. The highest BCUT2D eigenvalue weighted by atomic mass is 32.2. The summed E-state index contributed by atoms with van der Waals surface area (Å²) in [6, 6.07) is 0. The molecule has 0 unspecified atom stereocenters. The molecule has 1 fully saturated rings. The minimum absolute atomic E-state index is 0.0231. The lowest BCUT2D eigenvalue weighted by Gasteiger charge is -2.26. The Morgan fingerprint density at radius 3 is 2.75 bits per heavy atom. The van der Waals surface area contributed by atoms with Crippen LogP contribution in [0.2, 0.25) is 0 Å². The van der Waals surface area contributed by atoms with Crippen molar-refractivity contribution in [2.75, 3.05) is 19.5 Å². The first-order valence-corrected chi connectivity index (χ1v) is 7.04. The molecule has 2 rings (SSSR count). The molecule has 0 saturated heterocycles. The number of thioether (sulfide) groups is 1. The van der Waals surface area contributed by atoms with Crippen molar-refractivity contribution < 1.29 is 4.74 Å². The highest BCUT2D eigenvalue weighted by Gasteiger charge is 2.39. The topological polar surface area (TPSA) is 33.6 Å². The second kappa shape index (κ2) is 4.57. The molecule has 0 aromatic rings. The van der Waals surface area contributed by atoms with Crippen molar-refractivity contribution in [3.05, 3.63) is 0 Å². The zero-order chi connectivity index (χ0) is 11.6. The van der Waals surface area contributed by atoms with Crippen molar-refractivity contribution in [1.82, 2.24) is 5.32 Å². The van der Waals surface area contributed by atoms with Gasteiger partial charge in [-0.15, -0.1) is 0 Å². The maximum absolute atomic E-state index is 5.21. The van der Waals surface area contributed by atoms with Crippen LogP contribution in [0.3, 0.4) is 0 Å². The summed E-state index contributed by atoms with van der Waals surface area (Å²) in [6.45, 7) is 5.01. The molecular formula is C12H22N2OS. The summed E-state index contributed by atoms with van der Waals surface area (Å²) in [5.41, 5.74) is 0.251. The van der Waals surface area contributed by atoms with E-state index in [1.165, 1.54) is 31.4 Å². The standard InChI is InChI=1S/C12H22N2OS/c1-11(2,8-15-3)13-10-14-12(9-16-10)6-4-5-7-12/h4-9H2,1-3H3,(H,13,14). The molecule has 0 bridgehead atoms. The summed E-state index contributed by atoms with van der Waals surface area (Å²) in [5, 5.41) is 4.61. The van der Waals surface area contributed by atoms with Crippen LogP contribution in [0.25, 0.3) is 0 Å². The van der Waals surface area contributed by atoms with Gasteiger partial charge in [-0.3, -0.25) is 4.99 Å². The SMILES string of the molecule is COCC(C)(C)NC1=NC2(CCCC2)CS1. The molecule has 92 valence electrons. The zero-order valence-electron chi connectivity index (χ0n) is 10.5. The molecule has 0 radical (unpaired) electrons. The summed E-state index contributed by atoms with van der Waals surface area (Å²) in [5.74, 6) is 1.17. The first kappa shape index (κ1) is 12.2. The van der Waals surface area contributed by atoms with Crippen molar-refractivity contribution in [3.63, 3.8) is 0 Å². The van der Waals surface area contributed by atoms with Crippen LogP contribution in [-0.2, 0) is 4.74 Å². The van der Waals surface area contributed by atoms with Gasteiger partial charge in [0, 0.05) is 12.9 Å². The quantitative estimate of drug-likeness (QED) is 0.825. The van der Waals surface area contributed by atoms with Gasteiger partial charge in [-0.25, -0.2) is 0 Å². The fourth-order valence-electron chi connectivity index (χ4n) is 2.52. The van der Waals surface area contributed by atoms with Crippen molar-refractivity contribution in [3.8, 4) is 0 Å². The van der Waals surface area contributed by atoms with E-state index < -0.39 is 0 Å². The molecular weight excluding hydrogens is 220 g/mol. The maximum atomic E-state index is 5.21. The van der Waals surface area contributed by atoms with E-state index in [4.69, 9.17) is 9.73 Å². The molecule has 0 aromatic carbocycles. The van der Waals surface area contributed by atoms with E-state index in [2.05, 4.69) is 19.2 Å². The largest absolute Gasteiger partial charge is 0.382 e. The molecule has 0 amide bonds. The predicted octanol–water partition coefficient (Wildman–Crippen LogP) is 2.42. The first-order valence-electron chi connectivity index (χ1n) is 6.05. The van der Waals surface area contributed by atoms with Crippen LogP contribution in [0.1, 0.15) is 39.5 Å². The van der Waals surface area contributed by atoms with Gasteiger partial charge in [0.2, 0.25) is 0 Å². The number of ether oxygens (including phenoxy) is 1. The lowest BCUT2D eigenvalue weighted by Crippen LogP contribution is -2.45. The van der Waals surface area contributed by atoms with Gasteiger partial charge in [0.15, 0.2) is 5.17 Å². The fourth-order valence-corrected chi connectivity index (χ4v) is 3.89. The Labute approximate surface area is 102 Å². The average Bonchev–Trinajstić information content (AvgIpc) is 2.77. The minimum Gasteiger partial charge on any atom is -0.382 e. The average molecular weight is 242 g/mol. The van der Waals surface area contributed by atoms with Crippen LogP contribution in [0.15, 0.2) is 4.99 Å². The molecule has 4 heteroatoms. The van der Waals surface area contributed by atoms with Crippen molar-refractivity contribution in [2.24, 2.45) is 4.99 Å². The van der Waals surface area contributed by atoms with Crippen LogP contribution in [0.4, 0.5) is 0 Å². The molecule has 2 aliphatic rings. The van der Waals surface area contributed by atoms with E-state index in [0.29, 0.717) is 6.61 Å². The van der Waals surface area contributed by atoms with E-state index >= 15 is 0 Å². The van der Waals surface area contributed by atoms with Gasteiger partial charge in [0.1, 0.15) is 0 Å². The number of rotatable bonds is 3. The number of hydrogen-bond acceptors (Lipinski definition) is 4. The molecule has 0 atom stereocenters. The van der Waals surface area contributed by atoms with Crippen LogP contribution >= 0.6 is 11.8 Å². The molecule has 1 aliphatic carbocycles. The van der Waals surface area contributed by atoms with Crippen molar-refractivity contribution in [1.29, 1.82) is 0 Å². The van der Waals surface area contributed by atoms with Crippen LogP contribution in [0, 0.1) is 0 Å². The van der Waals surface area contributed by atoms with E-state index in [0.717, 1.165) is 5.17 Å². The number of nitrogens with zero attached hydrogens (tertiary/aromatic N) is 1. The van der Waals surface area contributed by atoms with Gasteiger partial charge in [0.25, 0.3) is 0 Å².